The number of hydrogen-bond acceptors (Lipinski definition) is 6. The molecular formula is C21H20N4O3S. The molecule has 1 heterocycles. The van der Waals surface area contributed by atoms with Gasteiger partial charge in [0.2, 0.25) is 0 Å². The summed E-state index contributed by atoms with van der Waals surface area (Å²) in [5, 5.41) is 16.2. The van der Waals surface area contributed by atoms with Crippen LogP contribution in [-0.4, -0.2) is 24.6 Å². The van der Waals surface area contributed by atoms with Crippen LogP contribution in [0.15, 0.2) is 42.0 Å². The van der Waals surface area contributed by atoms with Gasteiger partial charge in [0.15, 0.2) is 0 Å². The molecule has 29 heavy (non-hydrogen) atoms. The Morgan fingerprint density at radius 2 is 2.14 bits per heavy atom. The number of rotatable bonds is 6. The van der Waals surface area contributed by atoms with Crippen molar-refractivity contribution in [1.82, 2.24) is 5.43 Å². The van der Waals surface area contributed by atoms with Crippen LogP contribution in [0.3, 0.4) is 0 Å². The summed E-state index contributed by atoms with van der Waals surface area (Å²) in [6.07, 6.45) is 6.88. The van der Waals surface area contributed by atoms with Gasteiger partial charge < -0.3 is 10.1 Å². The lowest BCUT2D eigenvalue weighted by molar-refractivity contribution is -0.136. The average Bonchev–Trinajstić information content (AvgIpc) is 3.09. The number of fused-ring (bicyclic) bond motifs is 1. The summed E-state index contributed by atoms with van der Waals surface area (Å²) in [7, 11) is 0. The van der Waals surface area contributed by atoms with Crippen molar-refractivity contribution in [3.05, 3.63) is 58.5 Å². The van der Waals surface area contributed by atoms with E-state index in [0.717, 1.165) is 36.1 Å². The molecule has 2 aromatic rings. The number of carbonyl (C=O) groups excluding carboxylic acids is 2. The van der Waals surface area contributed by atoms with Crippen molar-refractivity contribution in [2.24, 2.45) is 5.10 Å². The molecule has 1 aromatic carbocycles. The Balaban J connectivity index is 1.60. The van der Waals surface area contributed by atoms with Gasteiger partial charge in [-0.15, -0.1) is 11.3 Å². The maximum atomic E-state index is 12.2. The van der Waals surface area contributed by atoms with Gasteiger partial charge in [-0.1, -0.05) is 24.8 Å². The van der Waals surface area contributed by atoms with Crippen molar-refractivity contribution in [2.75, 3.05) is 11.9 Å². The van der Waals surface area contributed by atoms with Gasteiger partial charge in [-0.3, -0.25) is 9.59 Å². The number of hydrazone groups is 1. The Bertz CT molecular complexity index is 1000. The van der Waals surface area contributed by atoms with Crippen LogP contribution in [0, 0.1) is 11.3 Å². The second-order valence-electron chi connectivity index (χ2n) is 6.35. The molecule has 1 aliphatic carbocycles. The van der Waals surface area contributed by atoms with Gasteiger partial charge in [0.05, 0.1) is 11.8 Å². The summed E-state index contributed by atoms with van der Waals surface area (Å²) in [6.45, 7) is 3.97. The van der Waals surface area contributed by atoms with E-state index in [0.29, 0.717) is 28.5 Å². The highest BCUT2D eigenvalue weighted by Gasteiger charge is 2.23. The van der Waals surface area contributed by atoms with Gasteiger partial charge in [-0.2, -0.15) is 10.4 Å². The van der Waals surface area contributed by atoms with Crippen molar-refractivity contribution in [3.8, 4) is 11.8 Å². The quantitative estimate of drug-likeness (QED) is 0.332. The van der Waals surface area contributed by atoms with E-state index in [9.17, 15) is 14.9 Å². The van der Waals surface area contributed by atoms with Gasteiger partial charge in [0, 0.05) is 4.88 Å². The predicted molar refractivity (Wildman–Crippen MR) is 112 cm³/mol. The SMILES string of the molecule is C=CCOc1cccc(C=NNC(=O)C(=O)Nc2sc3c(c2C#N)CCCC3)c1. The van der Waals surface area contributed by atoms with Gasteiger partial charge in [0.25, 0.3) is 0 Å². The van der Waals surface area contributed by atoms with E-state index in [1.165, 1.54) is 17.6 Å². The molecule has 8 heteroatoms. The topological polar surface area (TPSA) is 104 Å². The molecular weight excluding hydrogens is 388 g/mol. The van der Waals surface area contributed by atoms with E-state index >= 15 is 0 Å². The highest BCUT2D eigenvalue weighted by atomic mass is 32.1. The summed E-state index contributed by atoms with van der Waals surface area (Å²) >= 11 is 1.37. The molecule has 1 aromatic heterocycles. The zero-order chi connectivity index (χ0) is 20.6. The molecule has 0 fully saturated rings. The first-order valence-corrected chi connectivity index (χ1v) is 9.96. The molecule has 0 aliphatic heterocycles. The van der Waals surface area contributed by atoms with Crippen LogP contribution in [0.5, 0.6) is 5.75 Å². The van der Waals surface area contributed by atoms with Crippen LogP contribution in [0.25, 0.3) is 0 Å². The first-order valence-electron chi connectivity index (χ1n) is 9.15. The normalized spacial score (nSPS) is 12.7. The lowest BCUT2D eigenvalue weighted by Crippen LogP contribution is -2.32. The summed E-state index contributed by atoms with van der Waals surface area (Å²) in [5.74, 6) is -1.13. The number of thiophene rings is 1. The Kier molecular flexibility index (Phi) is 6.76. The van der Waals surface area contributed by atoms with Gasteiger partial charge >= 0.3 is 11.8 Å². The lowest BCUT2D eigenvalue weighted by atomic mass is 9.96. The Hall–Kier alpha value is -3.44. The van der Waals surface area contributed by atoms with Crippen LogP contribution in [0.1, 0.15) is 34.4 Å². The van der Waals surface area contributed by atoms with Crippen molar-refractivity contribution in [1.29, 1.82) is 5.26 Å². The van der Waals surface area contributed by atoms with Gasteiger partial charge in [0.1, 0.15) is 23.4 Å². The van der Waals surface area contributed by atoms with Crippen LogP contribution < -0.4 is 15.5 Å². The summed E-state index contributed by atoms with van der Waals surface area (Å²) in [4.78, 5) is 25.3. The smallest absolute Gasteiger partial charge is 0.329 e. The van der Waals surface area contributed by atoms with Crippen molar-refractivity contribution >= 4 is 34.4 Å². The molecule has 148 valence electrons. The summed E-state index contributed by atoms with van der Waals surface area (Å²) < 4.78 is 5.43. The molecule has 0 radical (unpaired) electrons. The average molecular weight is 408 g/mol. The number of benzene rings is 1. The van der Waals surface area contributed by atoms with Crippen molar-refractivity contribution in [2.45, 2.75) is 25.7 Å². The number of anilines is 1. The molecule has 0 saturated carbocycles. The molecule has 7 nitrogen and oxygen atoms in total. The van der Waals surface area contributed by atoms with E-state index in [-0.39, 0.29) is 0 Å². The molecule has 2 N–H and O–H groups in total. The number of carbonyl (C=O) groups is 2. The third-order valence-electron chi connectivity index (χ3n) is 4.32. The highest BCUT2D eigenvalue weighted by molar-refractivity contribution is 7.16. The maximum Gasteiger partial charge on any atom is 0.329 e. The zero-order valence-electron chi connectivity index (χ0n) is 15.7. The number of aryl methyl sites for hydroxylation is 1. The number of ether oxygens (including phenoxy) is 1. The van der Waals surface area contributed by atoms with Crippen LogP contribution in [0.2, 0.25) is 0 Å². The maximum absolute atomic E-state index is 12.2. The van der Waals surface area contributed by atoms with Gasteiger partial charge in [-0.05, 0) is 48.9 Å². The van der Waals surface area contributed by atoms with Crippen molar-refractivity contribution < 1.29 is 14.3 Å². The third kappa shape index (κ3) is 5.09. The molecule has 0 unspecified atom stereocenters. The van der Waals surface area contributed by atoms with Crippen molar-refractivity contribution in [3.63, 3.8) is 0 Å². The third-order valence-corrected chi connectivity index (χ3v) is 5.53. The van der Waals surface area contributed by atoms with E-state index < -0.39 is 11.8 Å². The summed E-state index contributed by atoms with van der Waals surface area (Å²) in [5.41, 5.74) is 4.36. The second-order valence-corrected chi connectivity index (χ2v) is 7.46. The number of nitrogens with zero attached hydrogens (tertiary/aromatic N) is 2. The van der Waals surface area contributed by atoms with E-state index in [1.54, 1.807) is 30.3 Å². The number of hydrogen-bond donors (Lipinski definition) is 2. The first-order chi connectivity index (χ1) is 14.1. The van der Waals surface area contributed by atoms with Crippen LogP contribution in [-0.2, 0) is 22.4 Å². The fraction of sp³-hybridized carbons (Fsp3) is 0.238. The number of amides is 2. The molecule has 3 rings (SSSR count). The Morgan fingerprint density at radius 1 is 1.31 bits per heavy atom. The molecule has 1 aliphatic rings. The molecule has 0 spiro atoms. The first kappa shape index (κ1) is 20.3. The fourth-order valence-corrected chi connectivity index (χ4v) is 4.22. The highest BCUT2D eigenvalue weighted by Crippen LogP contribution is 2.37. The minimum absolute atomic E-state index is 0.383. The van der Waals surface area contributed by atoms with E-state index in [4.69, 9.17) is 4.74 Å². The number of nitriles is 1. The number of nitrogens with one attached hydrogen (secondary N) is 2. The zero-order valence-corrected chi connectivity index (χ0v) is 16.6. The molecule has 0 atom stereocenters. The molecule has 0 saturated heterocycles. The van der Waals surface area contributed by atoms with Crippen LogP contribution >= 0.6 is 11.3 Å². The second kappa shape index (κ2) is 9.66. The monoisotopic (exact) mass is 408 g/mol. The largest absolute Gasteiger partial charge is 0.490 e. The molecule has 2 amide bonds. The minimum Gasteiger partial charge on any atom is -0.490 e. The van der Waals surface area contributed by atoms with Crippen LogP contribution in [0.4, 0.5) is 5.00 Å². The predicted octanol–water partition coefficient (Wildman–Crippen LogP) is 3.15. The minimum atomic E-state index is -0.907. The molecule has 0 bridgehead atoms. The lowest BCUT2D eigenvalue weighted by Gasteiger charge is -2.09. The Labute approximate surface area is 172 Å². The fourth-order valence-electron chi connectivity index (χ4n) is 2.99. The summed E-state index contributed by atoms with van der Waals surface area (Å²) in [6, 6.07) is 9.26. The Morgan fingerprint density at radius 3 is 2.93 bits per heavy atom. The van der Waals surface area contributed by atoms with Gasteiger partial charge in [-0.25, -0.2) is 5.43 Å². The van der Waals surface area contributed by atoms with E-state index in [2.05, 4.69) is 28.5 Å². The standard InChI is InChI=1S/C21H20N4O3S/c1-2-10-28-15-7-5-6-14(11-15)13-23-25-20(27)19(26)24-21-17(12-22)16-8-3-4-9-18(16)29-21/h2,5-7,11,13H,1,3-4,8-10H2,(H,24,26)(H,25,27). The van der Waals surface area contributed by atoms with E-state index in [1.807, 2.05) is 0 Å².